The molecule has 4 saturated carbocycles. The van der Waals surface area contributed by atoms with Gasteiger partial charge >= 0.3 is 5.97 Å². The van der Waals surface area contributed by atoms with Crippen LogP contribution in [-0.2, 0) is 10.2 Å². The summed E-state index contributed by atoms with van der Waals surface area (Å²) in [6.07, 6.45) is 9.62. The minimum atomic E-state index is -0.826. The molecule has 0 aromatic heterocycles. The van der Waals surface area contributed by atoms with E-state index in [1.54, 1.807) is 17.0 Å². The van der Waals surface area contributed by atoms with Gasteiger partial charge < -0.3 is 15.3 Å². The van der Waals surface area contributed by atoms with E-state index >= 15 is 0 Å². The summed E-state index contributed by atoms with van der Waals surface area (Å²) in [7, 11) is 0. The van der Waals surface area contributed by atoms with Gasteiger partial charge in [-0.15, -0.1) is 0 Å². The summed E-state index contributed by atoms with van der Waals surface area (Å²) in [4.78, 5) is 25.9. The summed E-state index contributed by atoms with van der Waals surface area (Å²) in [6.45, 7) is 0.883. The molecule has 7 rings (SSSR count). The van der Waals surface area contributed by atoms with Gasteiger partial charge in [0.15, 0.2) is 0 Å². The SMILES string of the molecule is O=C(O)C1CCCN(C(=O)c2ccc(Nc3ccc(C45CC6CC(CC(C6)C4)C5)cc3Cl)cc2)C1. The van der Waals surface area contributed by atoms with Gasteiger partial charge in [0.25, 0.3) is 5.91 Å². The molecule has 5 aliphatic rings. The van der Waals surface area contributed by atoms with E-state index in [1.807, 2.05) is 12.1 Å². The Morgan fingerprint density at radius 2 is 1.63 bits per heavy atom. The van der Waals surface area contributed by atoms with Gasteiger partial charge in [0, 0.05) is 24.3 Å². The Morgan fingerprint density at radius 1 is 0.971 bits per heavy atom. The average Bonchev–Trinajstić information content (AvgIpc) is 2.84. The van der Waals surface area contributed by atoms with Gasteiger partial charge in [0.2, 0.25) is 0 Å². The quantitative estimate of drug-likeness (QED) is 0.500. The summed E-state index contributed by atoms with van der Waals surface area (Å²) < 4.78 is 0. The first-order valence-corrected chi connectivity index (χ1v) is 13.5. The Bertz CT molecular complexity index is 1110. The number of aliphatic carboxylic acids is 1. The van der Waals surface area contributed by atoms with E-state index < -0.39 is 11.9 Å². The minimum absolute atomic E-state index is 0.111. The topological polar surface area (TPSA) is 69.6 Å². The van der Waals surface area contributed by atoms with Crippen LogP contribution in [0.5, 0.6) is 0 Å². The van der Waals surface area contributed by atoms with E-state index in [0.29, 0.717) is 23.9 Å². The lowest BCUT2D eigenvalue weighted by molar-refractivity contribution is -0.143. The largest absolute Gasteiger partial charge is 0.481 e. The van der Waals surface area contributed by atoms with Crippen LogP contribution in [0.3, 0.4) is 0 Å². The predicted octanol–water partition coefficient (Wildman–Crippen LogP) is 6.49. The lowest BCUT2D eigenvalue weighted by Crippen LogP contribution is -2.48. The molecule has 1 atom stereocenters. The monoisotopic (exact) mass is 492 g/mol. The van der Waals surface area contributed by atoms with Crippen molar-refractivity contribution in [2.24, 2.45) is 23.7 Å². The highest BCUT2D eigenvalue weighted by atomic mass is 35.5. The number of hydrogen-bond acceptors (Lipinski definition) is 3. The second-order valence-corrected chi connectivity index (χ2v) is 11.9. The lowest BCUT2D eigenvalue weighted by Gasteiger charge is -2.57. The molecular weight excluding hydrogens is 460 g/mol. The second-order valence-electron chi connectivity index (χ2n) is 11.5. The summed E-state index contributed by atoms with van der Waals surface area (Å²) in [5.74, 6) is 1.29. The maximum Gasteiger partial charge on any atom is 0.308 e. The first-order chi connectivity index (χ1) is 16.9. The van der Waals surface area contributed by atoms with Crippen molar-refractivity contribution in [1.29, 1.82) is 0 Å². The molecule has 6 heteroatoms. The van der Waals surface area contributed by atoms with Crippen LogP contribution in [0.25, 0.3) is 0 Å². The number of nitrogens with one attached hydrogen (secondary N) is 1. The zero-order valence-electron chi connectivity index (χ0n) is 20.0. The Labute approximate surface area is 211 Å². The van der Waals surface area contributed by atoms with Crippen LogP contribution in [0.15, 0.2) is 42.5 Å². The molecule has 2 aromatic carbocycles. The summed E-state index contributed by atoms with van der Waals surface area (Å²) in [6, 6.07) is 13.9. The highest BCUT2D eigenvalue weighted by Gasteiger charge is 2.51. The Kier molecular flexibility index (Phi) is 5.79. The third-order valence-electron chi connectivity index (χ3n) is 9.09. The molecule has 2 aromatic rings. The highest BCUT2D eigenvalue weighted by molar-refractivity contribution is 6.33. The predicted molar refractivity (Wildman–Crippen MR) is 137 cm³/mol. The number of nitrogens with zero attached hydrogens (tertiary/aromatic N) is 1. The van der Waals surface area contributed by atoms with Crippen LogP contribution in [0, 0.1) is 23.7 Å². The van der Waals surface area contributed by atoms with E-state index in [-0.39, 0.29) is 12.5 Å². The number of halogens is 1. The van der Waals surface area contributed by atoms with Crippen molar-refractivity contribution in [1.82, 2.24) is 4.90 Å². The van der Waals surface area contributed by atoms with Gasteiger partial charge in [0.05, 0.1) is 16.6 Å². The van der Waals surface area contributed by atoms with Gasteiger partial charge in [-0.3, -0.25) is 9.59 Å². The molecular formula is C29H33ClN2O3. The number of carbonyl (C=O) groups excluding carboxylic acids is 1. The van der Waals surface area contributed by atoms with Gasteiger partial charge in [-0.25, -0.2) is 0 Å². The van der Waals surface area contributed by atoms with Gasteiger partial charge in [0.1, 0.15) is 0 Å². The molecule has 5 fully saturated rings. The number of carboxylic acids is 1. The lowest BCUT2D eigenvalue weighted by atomic mass is 9.48. The van der Waals surface area contributed by atoms with Crippen LogP contribution >= 0.6 is 11.6 Å². The van der Waals surface area contributed by atoms with Crippen LogP contribution in [0.4, 0.5) is 11.4 Å². The van der Waals surface area contributed by atoms with E-state index in [9.17, 15) is 14.7 Å². The molecule has 1 heterocycles. The Hall–Kier alpha value is -2.53. The summed E-state index contributed by atoms with van der Waals surface area (Å²) >= 11 is 6.77. The molecule has 4 bridgehead atoms. The number of piperidine rings is 1. The minimum Gasteiger partial charge on any atom is -0.481 e. The van der Waals surface area contributed by atoms with Crippen LogP contribution in [0.1, 0.15) is 67.3 Å². The number of carboxylic acid groups (broad SMARTS) is 1. The number of benzene rings is 2. The zero-order valence-corrected chi connectivity index (χ0v) is 20.8. The molecule has 184 valence electrons. The van der Waals surface area contributed by atoms with Crippen molar-refractivity contribution >= 4 is 34.9 Å². The van der Waals surface area contributed by atoms with Gasteiger partial charge in [-0.2, -0.15) is 0 Å². The average molecular weight is 493 g/mol. The second kappa shape index (κ2) is 8.85. The first-order valence-electron chi connectivity index (χ1n) is 13.1. The maximum absolute atomic E-state index is 12.9. The van der Waals surface area contributed by atoms with Crippen molar-refractivity contribution in [2.45, 2.75) is 56.8 Å². The number of hydrogen-bond donors (Lipinski definition) is 2. The smallest absolute Gasteiger partial charge is 0.308 e. The number of carbonyl (C=O) groups is 2. The molecule has 35 heavy (non-hydrogen) atoms. The van der Waals surface area contributed by atoms with Gasteiger partial charge in [-0.1, -0.05) is 17.7 Å². The summed E-state index contributed by atoms with van der Waals surface area (Å²) in [5, 5.41) is 13.4. The fourth-order valence-electron chi connectivity index (χ4n) is 7.81. The molecule has 2 N–H and O–H groups in total. The highest BCUT2D eigenvalue weighted by Crippen LogP contribution is 2.61. The molecule has 1 amide bonds. The maximum atomic E-state index is 12.9. The normalized spacial score (nSPS) is 31.4. The van der Waals surface area contributed by atoms with Crippen LogP contribution in [0.2, 0.25) is 5.02 Å². The molecule has 1 saturated heterocycles. The molecule has 0 radical (unpaired) electrons. The fourth-order valence-corrected chi connectivity index (χ4v) is 8.04. The third kappa shape index (κ3) is 4.33. The number of anilines is 2. The third-order valence-corrected chi connectivity index (χ3v) is 9.40. The Balaban J connectivity index is 1.14. The van der Waals surface area contributed by atoms with Crippen LogP contribution < -0.4 is 5.32 Å². The molecule has 4 aliphatic carbocycles. The molecule has 0 spiro atoms. The summed E-state index contributed by atoms with van der Waals surface area (Å²) in [5.41, 5.74) is 4.05. The number of amides is 1. The van der Waals surface area contributed by atoms with E-state index in [0.717, 1.165) is 40.6 Å². The molecule has 1 aliphatic heterocycles. The van der Waals surface area contributed by atoms with E-state index in [2.05, 4.69) is 23.5 Å². The van der Waals surface area contributed by atoms with E-state index in [4.69, 9.17) is 11.6 Å². The zero-order chi connectivity index (χ0) is 24.2. The van der Waals surface area contributed by atoms with Crippen molar-refractivity contribution in [3.05, 3.63) is 58.6 Å². The van der Waals surface area contributed by atoms with Crippen molar-refractivity contribution < 1.29 is 14.7 Å². The molecule has 1 unspecified atom stereocenters. The van der Waals surface area contributed by atoms with Crippen molar-refractivity contribution in [2.75, 3.05) is 18.4 Å². The van der Waals surface area contributed by atoms with Crippen LogP contribution in [-0.4, -0.2) is 35.0 Å². The standard InChI is InChI=1S/C29H33ClN2O3/c30-25-13-23(29-14-18-10-19(15-29)12-20(11-18)16-29)5-8-26(25)31-24-6-3-21(4-7-24)27(33)32-9-1-2-22(17-32)28(34)35/h3-8,13,18-20,22,31H,1-2,9-12,14-17H2,(H,34,35). The van der Waals surface area contributed by atoms with E-state index in [1.165, 1.54) is 44.1 Å². The first kappa shape index (κ1) is 22.9. The van der Waals surface area contributed by atoms with Gasteiger partial charge in [-0.05, 0) is 116 Å². The fraction of sp³-hybridized carbons (Fsp3) is 0.517. The number of rotatable bonds is 5. The number of likely N-dealkylation sites (tertiary alicyclic amines) is 1. The van der Waals surface area contributed by atoms with Crippen molar-refractivity contribution in [3.63, 3.8) is 0 Å². The van der Waals surface area contributed by atoms with Crippen molar-refractivity contribution in [3.8, 4) is 0 Å². The molecule has 5 nitrogen and oxygen atoms in total. The Morgan fingerprint density at radius 3 is 2.23 bits per heavy atom.